The van der Waals surface area contributed by atoms with Crippen molar-refractivity contribution in [3.8, 4) is 5.75 Å². The molecule has 11 heteroatoms. The van der Waals surface area contributed by atoms with Gasteiger partial charge in [0, 0.05) is 5.69 Å². The summed E-state index contributed by atoms with van der Waals surface area (Å²) < 4.78 is 25.5. The number of ether oxygens (including phenoxy) is 2. The van der Waals surface area contributed by atoms with Crippen molar-refractivity contribution in [3.05, 3.63) is 80.7 Å². The molecule has 8 nitrogen and oxygen atoms in total. The molecule has 0 fully saturated rings. The van der Waals surface area contributed by atoms with Crippen LogP contribution < -0.4 is 15.6 Å². The Balaban J connectivity index is 1.64. The number of halogens is 1. The maximum atomic E-state index is 13.6. The number of hydrogen-bond donors (Lipinski definition) is 1. The fourth-order valence-electron chi connectivity index (χ4n) is 3.74. The number of thiophene rings is 1. The minimum absolute atomic E-state index is 0.0103. The zero-order chi connectivity index (χ0) is 27.2. The van der Waals surface area contributed by atoms with Crippen molar-refractivity contribution in [2.45, 2.75) is 32.5 Å². The van der Waals surface area contributed by atoms with E-state index in [9.17, 15) is 18.8 Å². The first-order valence-corrected chi connectivity index (χ1v) is 13.7. The third kappa shape index (κ3) is 6.22. The lowest BCUT2D eigenvalue weighted by molar-refractivity contribution is -0.113. The van der Waals surface area contributed by atoms with Crippen LogP contribution in [0.3, 0.4) is 0 Å². The molecule has 4 rings (SSSR count). The Kier molecular flexibility index (Phi) is 8.80. The number of thioether (sulfide) groups is 1. The molecule has 0 saturated heterocycles. The number of amides is 1. The summed E-state index contributed by atoms with van der Waals surface area (Å²) in [5.41, 5.74) is 1.45. The van der Waals surface area contributed by atoms with E-state index in [2.05, 4.69) is 10.3 Å². The molecule has 2 heterocycles. The van der Waals surface area contributed by atoms with E-state index in [0.29, 0.717) is 49.4 Å². The summed E-state index contributed by atoms with van der Waals surface area (Å²) in [5.74, 6) is -0.486. The second kappa shape index (κ2) is 12.2. The zero-order valence-electron chi connectivity index (χ0n) is 21.1. The predicted molar refractivity (Wildman–Crippen MR) is 147 cm³/mol. The highest BCUT2D eigenvalue weighted by atomic mass is 32.2. The smallest absolute Gasteiger partial charge is 0.348 e. The molecule has 38 heavy (non-hydrogen) atoms. The van der Waals surface area contributed by atoms with Crippen molar-refractivity contribution in [1.82, 2.24) is 9.55 Å². The Labute approximate surface area is 226 Å². The maximum absolute atomic E-state index is 13.6. The number of nitrogens with one attached hydrogen (secondary N) is 1. The Morgan fingerprint density at radius 3 is 2.45 bits per heavy atom. The van der Waals surface area contributed by atoms with Gasteiger partial charge in [-0.2, -0.15) is 0 Å². The molecule has 4 aromatic rings. The topological polar surface area (TPSA) is 99.5 Å². The van der Waals surface area contributed by atoms with Gasteiger partial charge in [0.2, 0.25) is 5.91 Å². The predicted octanol–water partition coefficient (Wildman–Crippen LogP) is 5.26. The van der Waals surface area contributed by atoms with Crippen molar-refractivity contribution >= 4 is 50.9 Å². The van der Waals surface area contributed by atoms with Gasteiger partial charge in [0.05, 0.1) is 30.9 Å². The van der Waals surface area contributed by atoms with Crippen LogP contribution in [-0.4, -0.2) is 40.4 Å². The summed E-state index contributed by atoms with van der Waals surface area (Å²) in [7, 11) is 0. The monoisotopic (exact) mass is 555 g/mol. The van der Waals surface area contributed by atoms with E-state index in [4.69, 9.17) is 9.47 Å². The van der Waals surface area contributed by atoms with Crippen molar-refractivity contribution in [1.29, 1.82) is 0 Å². The summed E-state index contributed by atoms with van der Waals surface area (Å²) in [4.78, 5) is 44.1. The van der Waals surface area contributed by atoms with Crippen LogP contribution in [0.15, 0.2) is 58.5 Å². The number of esters is 1. The lowest BCUT2D eigenvalue weighted by atomic mass is 10.2. The molecule has 0 unspecified atom stereocenters. The van der Waals surface area contributed by atoms with Crippen molar-refractivity contribution in [3.63, 3.8) is 0 Å². The number of aromatic nitrogens is 2. The number of benzene rings is 2. The normalized spacial score (nSPS) is 10.9. The van der Waals surface area contributed by atoms with Gasteiger partial charge in [0.15, 0.2) is 5.16 Å². The minimum atomic E-state index is -0.513. The minimum Gasteiger partial charge on any atom is -0.494 e. The number of carbonyl (C=O) groups excluding carboxylic acids is 2. The number of fused-ring (bicyclic) bond motifs is 1. The van der Waals surface area contributed by atoms with Crippen LogP contribution in [0.2, 0.25) is 0 Å². The number of carbonyl (C=O) groups is 2. The van der Waals surface area contributed by atoms with Crippen LogP contribution in [0.4, 0.5) is 10.1 Å². The molecule has 1 amide bonds. The van der Waals surface area contributed by atoms with E-state index < -0.39 is 5.97 Å². The molecule has 0 aliphatic heterocycles. The molecule has 0 aliphatic carbocycles. The molecule has 1 N–H and O–H groups in total. The Bertz CT molecular complexity index is 1520. The first-order valence-electron chi connectivity index (χ1n) is 11.9. The van der Waals surface area contributed by atoms with Gasteiger partial charge in [-0.1, -0.05) is 23.9 Å². The number of rotatable bonds is 10. The highest BCUT2D eigenvalue weighted by Gasteiger charge is 2.23. The molecule has 0 atom stereocenters. The largest absolute Gasteiger partial charge is 0.494 e. The lowest BCUT2D eigenvalue weighted by Gasteiger charge is -2.13. The highest BCUT2D eigenvalue weighted by Crippen LogP contribution is 2.30. The van der Waals surface area contributed by atoms with Crippen LogP contribution in [0.25, 0.3) is 10.2 Å². The average molecular weight is 556 g/mol. The van der Waals surface area contributed by atoms with Gasteiger partial charge >= 0.3 is 5.97 Å². The van der Waals surface area contributed by atoms with Gasteiger partial charge in [-0.05, 0) is 68.3 Å². The van der Waals surface area contributed by atoms with Gasteiger partial charge < -0.3 is 14.8 Å². The van der Waals surface area contributed by atoms with Crippen molar-refractivity contribution in [2.75, 3.05) is 24.3 Å². The van der Waals surface area contributed by atoms with Gasteiger partial charge in [-0.25, -0.2) is 14.2 Å². The highest BCUT2D eigenvalue weighted by molar-refractivity contribution is 7.99. The fraction of sp³-hybridized carbons (Fsp3) is 0.259. The zero-order valence-corrected chi connectivity index (χ0v) is 22.7. The van der Waals surface area contributed by atoms with Crippen LogP contribution in [0.5, 0.6) is 5.75 Å². The molecular weight excluding hydrogens is 529 g/mol. The quantitative estimate of drug-likeness (QED) is 0.162. The molecule has 198 valence electrons. The number of hydrogen-bond acceptors (Lipinski definition) is 8. The van der Waals surface area contributed by atoms with Crippen LogP contribution in [0.1, 0.15) is 34.6 Å². The first kappa shape index (κ1) is 27.3. The summed E-state index contributed by atoms with van der Waals surface area (Å²) in [6.07, 6.45) is 0. The second-order valence-electron chi connectivity index (χ2n) is 8.16. The van der Waals surface area contributed by atoms with Gasteiger partial charge in [-0.15, -0.1) is 11.3 Å². The van der Waals surface area contributed by atoms with Gasteiger partial charge in [-0.3, -0.25) is 14.2 Å². The molecular formula is C27H26FN3O5S2. The fourth-order valence-corrected chi connectivity index (χ4v) is 5.65. The standard InChI is InChI=1S/C27H26FN3O5S2/c1-4-35-20-12-10-19(11-13-20)29-21(32)15-37-27-30-24-22(16(3)23(38-24)26(34)36-5-2)25(33)31(27)14-17-6-8-18(28)9-7-17/h6-13H,4-5,14-15H2,1-3H3,(H,29,32). The summed E-state index contributed by atoms with van der Waals surface area (Å²) >= 11 is 2.19. The van der Waals surface area contributed by atoms with E-state index in [1.165, 1.54) is 16.7 Å². The molecule has 0 aliphatic rings. The third-order valence-corrected chi connectivity index (χ3v) is 7.65. The van der Waals surface area contributed by atoms with E-state index in [-0.39, 0.29) is 36.2 Å². The van der Waals surface area contributed by atoms with Crippen molar-refractivity contribution in [2.24, 2.45) is 0 Å². The molecule has 0 radical (unpaired) electrons. The number of nitrogens with zero attached hydrogens (tertiary/aromatic N) is 2. The second-order valence-corrected chi connectivity index (χ2v) is 10.1. The summed E-state index contributed by atoms with van der Waals surface area (Å²) in [5, 5.41) is 3.45. The molecule has 0 bridgehead atoms. The molecule has 0 spiro atoms. The average Bonchev–Trinajstić information content (AvgIpc) is 3.23. The lowest BCUT2D eigenvalue weighted by Crippen LogP contribution is -2.25. The summed E-state index contributed by atoms with van der Waals surface area (Å²) in [6.45, 7) is 6.16. The third-order valence-electron chi connectivity index (χ3n) is 5.51. The number of aryl methyl sites for hydroxylation is 1. The Morgan fingerprint density at radius 2 is 1.79 bits per heavy atom. The SMILES string of the molecule is CCOC(=O)c1sc2nc(SCC(=O)Nc3ccc(OCC)cc3)n(Cc3ccc(F)cc3)c(=O)c2c1C. The summed E-state index contributed by atoms with van der Waals surface area (Å²) in [6, 6.07) is 12.8. The van der Waals surface area contributed by atoms with Crippen LogP contribution in [0, 0.1) is 12.7 Å². The van der Waals surface area contributed by atoms with Crippen LogP contribution >= 0.6 is 23.1 Å². The van der Waals surface area contributed by atoms with E-state index in [0.717, 1.165) is 23.1 Å². The molecule has 0 saturated carbocycles. The maximum Gasteiger partial charge on any atom is 0.348 e. The van der Waals surface area contributed by atoms with Crippen LogP contribution in [-0.2, 0) is 16.1 Å². The first-order chi connectivity index (χ1) is 18.3. The van der Waals surface area contributed by atoms with Crippen molar-refractivity contribution < 1.29 is 23.5 Å². The van der Waals surface area contributed by atoms with E-state index in [1.807, 2.05) is 6.92 Å². The van der Waals surface area contributed by atoms with Gasteiger partial charge in [0.1, 0.15) is 21.3 Å². The van der Waals surface area contributed by atoms with Gasteiger partial charge in [0.25, 0.3) is 5.56 Å². The van der Waals surface area contributed by atoms with E-state index >= 15 is 0 Å². The number of anilines is 1. The van der Waals surface area contributed by atoms with E-state index in [1.54, 1.807) is 50.2 Å². The Morgan fingerprint density at radius 1 is 1.08 bits per heavy atom. The Hall–Kier alpha value is -3.70. The molecule has 2 aromatic heterocycles. The molecule has 2 aromatic carbocycles.